The first-order valence-electron chi connectivity index (χ1n) is 5.24. The summed E-state index contributed by atoms with van der Waals surface area (Å²) in [5, 5.41) is 3.90. The summed E-state index contributed by atoms with van der Waals surface area (Å²) in [5.41, 5.74) is 1.04. The zero-order valence-electron chi connectivity index (χ0n) is 9.81. The van der Waals surface area contributed by atoms with Crippen molar-refractivity contribution in [3.8, 4) is 16.9 Å². The third kappa shape index (κ3) is 3.12. The number of aromatic nitrogens is 2. The van der Waals surface area contributed by atoms with E-state index in [0.717, 1.165) is 0 Å². The van der Waals surface area contributed by atoms with Crippen LogP contribution in [0.4, 0.5) is 13.2 Å². The molecule has 2 aromatic rings. The van der Waals surface area contributed by atoms with Gasteiger partial charge >= 0.3 is 6.36 Å². The van der Waals surface area contributed by atoms with Crippen molar-refractivity contribution in [1.29, 1.82) is 0 Å². The summed E-state index contributed by atoms with van der Waals surface area (Å²) in [7, 11) is 1.62. The van der Waals surface area contributed by atoms with E-state index in [9.17, 15) is 18.0 Å². The summed E-state index contributed by atoms with van der Waals surface area (Å²) < 4.78 is 41.6. The molecule has 0 aliphatic heterocycles. The molecule has 0 aliphatic carbocycles. The van der Waals surface area contributed by atoms with Crippen molar-refractivity contribution in [1.82, 2.24) is 9.78 Å². The van der Waals surface area contributed by atoms with E-state index in [0.29, 0.717) is 17.4 Å². The number of ether oxygens (including phenoxy) is 1. The molecule has 7 heteroatoms. The molecule has 1 aromatic carbocycles. The number of aldehydes is 1. The van der Waals surface area contributed by atoms with Gasteiger partial charge in [0.15, 0.2) is 6.29 Å². The summed E-state index contributed by atoms with van der Waals surface area (Å²) >= 11 is 0. The van der Waals surface area contributed by atoms with Crippen molar-refractivity contribution in [2.45, 2.75) is 6.36 Å². The molecule has 0 radical (unpaired) electrons. The standard InChI is InChI=1S/C12H9F3N2O2/c1-17-6-10(11(7-18)16-17)8-3-2-4-9(5-8)19-12(13,14)15/h2-7H,1H3. The molecule has 0 atom stereocenters. The van der Waals surface area contributed by atoms with E-state index in [2.05, 4.69) is 9.84 Å². The highest BCUT2D eigenvalue weighted by atomic mass is 19.4. The highest BCUT2D eigenvalue weighted by Gasteiger charge is 2.31. The predicted octanol–water partition coefficient (Wildman–Crippen LogP) is 2.80. The summed E-state index contributed by atoms with van der Waals surface area (Å²) in [6, 6.07) is 5.39. The number of benzene rings is 1. The molecule has 0 spiro atoms. The van der Waals surface area contributed by atoms with E-state index in [1.54, 1.807) is 19.3 Å². The lowest BCUT2D eigenvalue weighted by atomic mass is 10.1. The molecule has 1 heterocycles. The van der Waals surface area contributed by atoms with Crippen molar-refractivity contribution >= 4 is 6.29 Å². The largest absolute Gasteiger partial charge is 0.573 e. The molecule has 0 aliphatic rings. The van der Waals surface area contributed by atoms with E-state index in [1.165, 1.54) is 22.9 Å². The summed E-state index contributed by atoms with van der Waals surface area (Å²) in [6.45, 7) is 0. The summed E-state index contributed by atoms with van der Waals surface area (Å²) in [6.07, 6.45) is -2.65. The quantitative estimate of drug-likeness (QED) is 0.805. The third-order valence-corrected chi connectivity index (χ3v) is 2.35. The lowest BCUT2D eigenvalue weighted by molar-refractivity contribution is -0.274. The first-order chi connectivity index (χ1) is 8.89. The average molecular weight is 270 g/mol. The molecule has 0 amide bonds. The SMILES string of the molecule is Cn1cc(-c2cccc(OC(F)(F)F)c2)c(C=O)n1. The predicted molar refractivity (Wildman–Crippen MR) is 60.7 cm³/mol. The van der Waals surface area contributed by atoms with E-state index in [-0.39, 0.29) is 11.4 Å². The number of rotatable bonds is 3. The maximum absolute atomic E-state index is 12.1. The van der Waals surface area contributed by atoms with Crippen LogP contribution in [0.15, 0.2) is 30.5 Å². The van der Waals surface area contributed by atoms with E-state index >= 15 is 0 Å². The van der Waals surface area contributed by atoms with Gasteiger partial charge in [-0.15, -0.1) is 13.2 Å². The van der Waals surface area contributed by atoms with Crippen molar-refractivity contribution in [2.75, 3.05) is 0 Å². The number of hydrogen-bond donors (Lipinski definition) is 0. The van der Waals surface area contributed by atoms with Crippen molar-refractivity contribution in [2.24, 2.45) is 7.05 Å². The Labute approximate surface area is 106 Å². The zero-order chi connectivity index (χ0) is 14.0. The first kappa shape index (κ1) is 13.1. The Morgan fingerprint density at radius 1 is 1.37 bits per heavy atom. The second-order valence-corrected chi connectivity index (χ2v) is 3.80. The topological polar surface area (TPSA) is 44.1 Å². The summed E-state index contributed by atoms with van der Waals surface area (Å²) in [5.74, 6) is -0.342. The molecule has 0 fully saturated rings. The second-order valence-electron chi connectivity index (χ2n) is 3.80. The van der Waals surface area contributed by atoms with Crippen LogP contribution in [-0.4, -0.2) is 22.4 Å². The van der Waals surface area contributed by atoms with E-state index in [4.69, 9.17) is 0 Å². The van der Waals surface area contributed by atoms with Gasteiger partial charge in [-0.3, -0.25) is 9.48 Å². The van der Waals surface area contributed by atoms with E-state index < -0.39 is 6.36 Å². The highest BCUT2D eigenvalue weighted by Crippen LogP contribution is 2.28. The van der Waals surface area contributed by atoms with Gasteiger partial charge in [0, 0.05) is 18.8 Å². The van der Waals surface area contributed by atoms with Gasteiger partial charge in [-0.2, -0.15) is 5.10 Å². The van der Waals surface area contributed by atoms with Gasteiger partial charge in [0.1, 0.15) is 11.4 Å². The molecule has 1 aromatic heterocycles. The van der Waals surface area contributed by atoms with Gasteiger partial charge in [0.25, 0.3) is 0 Å². The van der Waals surface area contributed by atoms with Gasteiger partial charge in [0.05, 0.1) is 0 Å². The Bertz CT molecular complexity index is 605. The van der Waals surface area contributed by atoms with Gasteiger partial charge in [-0.25, -0.2) is 0 Å². The molecule has 0 saturated heterocycles. The van der Waals surface area contributed by atoms with Crippen LogP contribution < -0.4 is 4.74 Å². The fraction of sp³-hybridized carbons (Fsp3) is 0.167. The minimum atomic E-state index is -4.75. The molecule has 0 bridgehead atoms. The Morgan fingerprint density at radius 3 is 2.74 bits per heavy atom. The van der Waals surface area contributed by atoms with Crippen molar-refractivity contribution in [3.63, 3.8) is 0 Å². The third-order valence-electron chi connectivity index (χ3n) is 2.35. The molecule has 2 rings (SSSR count). The molecule has 0 saturated carbocycles. The van der Waals surface area contributed by atoms with Crippen molar-refractivity contribution < 1.29 is 22.7 Å². The van der Waals surface area contributed by atoms with Gasteiger partial charge in [0.2, 0.25) is 0 Å². The van der Waals surface area contributed by atoms with Crippen LogP contribution in [-0.2, 0) is 7.05 Å². The summed E-state index contributed by atoms with van der Waals surface area (Å²) in [4.78, 5) is 10.8. The monoisotopic (exact) mass is 270 g/mol. The normalized spacial score (nSPS) is 11.4. The van der Waals surface area contributed by atoms with Crippen LogP contribution in [0.5, 0.6) is 5.75 Å². The Hall–Kier alpha value is -2.31. The van der Waals surface area contributed by atoms with Gasteiger partial charge < -0.3 is 4.74 Å². The fourth-order valence-corrected chi connectivity index (χ4v) is 1.68. The number of carbonyl (C=O) groups is 1. The lowest BCUT2D eigenvalue weighted by Crippen LogP contribution is -2.17. The molecular weight excluding hydrogens is 261 g/mol. The molecule has 100 valence electrons. The number of aryl methyl sites for hydroxylation is 1. The fourth-order valence-electron chi connectivity index (χ4n) is 1.68. The Balaban J connectivity index is 2.40. The number of nitrogens with zero attached hydrogens (tertiary/aromatic N) is 2. The molecule has 0 N–H and O–H groups in total. The van der Waals surface area contributed by atoms with Crippen LogP contribution in [0.25, 0.3) is 11.1 Å². The Morgan fingerprint density at radius 2 is 2.11 bits per heavy atom. The number of alkyl halides is 3. The van der Waals surface area contributed by atoms with E-state index in [1.807, 2.05) is 0 Å². The van der Waals surface area contributed by atoms with Gasteiger partial charge in [-0.1, -0.05) is 12.1 Å². The highest BCUT2D eigenvalue weighted by molar-refractivity contribution is 5.85. The number of hydrogen-bond acceptors (Lipinski definition) is 3. The molecular formula is C12H9F3N2O2. The van der Waals surface area contributed by atoms with Crippen LogP contribution in [0.3, 0.4) is 0 Å². The maximum atomic E-state index is 12.1. The number of halogens is 3. The molecule has 0 unspecified atom stereocenters. The zero-order valence-corrected chi connectivity index (χ0v) is 9.81. The minimum absolute atomic E-state index is 0.159. The molecule has 4 nitrogen and oxygen atoms in total. The number of carbonyl (C=O) groups excluding carboxylic acids is 1. The van der Waals surface area contributed by atoms with Crippen LogP contribution >= 0.6 is 0 Å². The molecule has 19 heavy (non-hydrogen) atoms. The van der Waals surface area contributed by atoms with Crippen LogP contribution in [0.1, 0.15) is 10.5 Å². The Kier molecular flexibility index (Phi) is 3.28. The maximum Gasteiger partial charge on any atom is 0.573 e. The van der Waals surface area contributed by atoms with Crippen molar-refractivity contribution in [3.05, 3.63) is 36.2 Å². The van der Waals surface area contributed by atoms with Crippen LogP contribution in [0.2, 0.25) is 0 Å². The lowest BCUT2D eigenvalue weighted by Gasteiger charge is -2.09. The smallest absolute Gasteiger partial charge is 0.406 e. The first-order valence-corrected chi connectivity index (χ1v) is 5.24. The van der Waals surface area contributed by atoms with Crippen LogP contribution in [0, 0.1) is 0 Å². The average Bonchev–Trinajstić information content (AvgIpc) is 2.68. The minimum Gasteiger partial charge on any atom is -0.406 e. The van der Waals surface area contributed by atoms with Gasteiger partial charge in [-0.05, 0) is 17.7 Å². The second kappa shape index (κ2) is 4.75.